The maximum atomic E-state index is 13.6. The molecule has 26 heavy (non-hydrogen) atoms. The molecule has 0 spiro atoms. The van der Waals surface area contributed by atoms with E-state index in [-0.39, 0.29) is 16.7 Å². The van der Waals surface area contributed by atoms with Gasteiger partial charge in [-0.25, -0.2) is 0 Å². The van der Waals surface area contributed by atoms with Crippen molar-refractivity contribution in [1.29, 1.82) is 5.26 Å². The predicted molar refractivity (Wildman–Crippen MR) is 96.3 cm³/mol. The Bertz CT molecular complexity index is 909. The first-order valence-electron chi connectivity index (χ1n) is 7.28. The molecule has 3 nitrogen and oxygen atoms in total. The first-order chi connectivity index (χ1) is 12.2. The zero-order valence-corrected chi connectivity index (χ0v) is 14.8. The Kier molecular flexibility index (Phi) is 6.01. The topological polar surface area (TPSA) is 66.9 Å². The Morgan fingerprint density at radius 3 is 2.08 bits per heavy atom. The SMILES string of the molecule is N#C/C(C(N)=O)=C(/C=C(\c1ccccc1)C(F)(F)F)c1ccc(Br)cc1. The van der Waals surface area contributed by atoms with Gasteiger partial charge in [-0.2, -0.15) is 18.4 Å². The molecule has 0 fully saturated rings. The summed E-state index contributed by atoms with van der Waals surface area (Å²) >= 11 is 3.23. The van der Waals surface area contributed by atoms with Gasteiger partial charge in [0.2, 0.25) is 0 Å². The molecule has 0 aliphatic rings. The Balaban J connectivity index is 2.79. The van der Waals surface area contributed by atoms with Crippen molar-refractivity contribution in [2.75, 3.05) is 0 Å². The van der Waals surface area contributed by atoms with Crippen LogP contribution in [0.15, 0.2) is 70.7 Å². The summed E-state index contributed by atoms with van der Waals surface area (Å²) in [6, 6.07) is 14.9. The number of halogens is 4. The molecule has 0 radical (unpaired) electrons. The van der Waals surface area contributed by atoms with Crippen LogP contribution in [-0.4, -0.2) is 12.1 Å². The van der Waals surface area contributed by atoms with Crippen LogP contribution in [0, 0.1) is 11.3 Å². The Morgan fingerprint density at radius 1 is 1.04 bits per heavy atom. The maximum Gasteiger partial charge on any atom is 0.417 e. The molecule has 0 saturated heterocycles. The second kappa shape index (κ2) is 8.02. The van der Waals surface area contributed by atoms with Gasteiger partial charge in [0, 0.05) is 10.0 Å². The van der Waals surface area contributed by atoms with Crippen molar-refractivity contribution in [2.45, 2.75) is 6.18 Å². The highest BCUT2D eigenvalue weighted by Gasteiger charge is 2.35. The van der Waals surface area contributed by atoms with Gasteiger partial charge in [-0.1, -0.05) is 58.4 Å². The number of primary amides is 1. The predicted octanol–water partition coefficient (Wildman–Crippen LogP) is 4.86. The number of carbonyl (C=O) groups is 1. The highest BCUT2D eigenvalue weighted by molar-refractivity contribution is 9.10. The van der Waals surface area contributed by atoms with Crippen LogP contribution in [0.1, 0.15) is 11.1 Å². The molecule has 0 bridgehead atoms. The fourth-order valence-corrected chi connectivity index (χ4v) is 2.53. The molecule has 132 valence electrons. The number of nitrogens with zero attached hydrogens (tertiary/aromatic N) is 1. The monoisotopic (exact) mass is 420 g/mol. The zero-order valence-electron chi connectivity index (χ0n) is 13.2. The number of allylic oxidation sites excluding steroid dienone is 3. The van der Waals surface area contributed by atoms with Gasteiger partial charge >= 0.3 is 6.18 Å². The molecule has 2 rings (SSSR count). The number of nitrogens with two attached hydrogens (primary N) is 1. The number of nitriles is 1. The highest BCUT2D eigenvalue weighted by Crippen LogP contribution is 2.37. The van der Waals surface area contributed by atoms with Crippen molar-refractivity contribution in [3.63, 3.8) is 0 Å². The van der Waals surface area contributed by atoms with E-state index >= 15 is 0 Å². The first-order valence-corrected chi connectivity index (χ1v) is 8.07. The second-order valence-electron chi connectivity index (χ2n) is 5.19. The molecule has 0 unspecified atom stereocenters. The van der Waals surface area contributed by atoms with Gasteiger partial charge < -0.3 is 5.73 Å². The van der Waals surface area contributed by atoms with E-state index in [0.29, 0.717) is 4.47 Å². The van der Waals surface area contributed by atoms with Crippen LogP contribution in [0.4, 0.5) is 13.2 Å². The summed E-state index contributed by atoms with van der Waals surface area (Å²) in [5.41, 5.74) is 3.65. The van der Waals surface area contributed by atoms with Crippen molar-refractivity contribution in [3.05, 3.63) is 81.8 Å². The number of benzene rings is 2. The van der Waals surface area contributed by atoms with Gasteiger partial charge in [0.05, 0.1) is 5.57 Å². The molecular weight excluding hydrogens is 409 g/mol. The lowest BCUT2D eigenvalue weighted by molar-refractivity contribution is -0.114. The molecule has 0 atom stereocenters. The Morgan fingerprint density at radius 2 is 1.62 bits per heavy atom. The molecule has 0 aliphatic carbocycles. The summed E-state index contributed by atoms with van der Waals surface area (Å²) in [5, 5.41) is 9.24. The third-order valence-corrected chi connectivity index (χ3v) is 3.99. The molecule has 2 aromatic rings. The third-order valence-electron chi connectivity index (χ3n) is 3.46. The summed E-state index contributed by atoms with van der Waals surface area (Å²) in [5.74, 6) is -1.10. The molecular formula is C19H12BrF3N2O. The molecule has 2 N–H and O–H groups in total. The third kappa shape index (κ3) is 4.61. The number of carbonyl (C=O) groups excluding carboxylic acids is 1. The van der Waals surface area contributed by atoms with Crippen molar-refractivity contribution in [2.24, 2.45) is 5.73 Å². The summed E-state index contributed by atoms with van der Waals surface area (Å²) in [6.07, 6.45) is -3.91. The number of alkyl halides is 3. The second-order valence-corrected chi connectivity index (χ2v) is 6.11. The Labute approximate surface area is 156 Å². The van der Waals surface area contributed by atoms with E-state index in [2.05, 4.69) is 15.9 Å². The summed E-state index contributed by atoms with van der Waals surface area (Å²) in [6.45, 7) is 0. The fourth-order valence-electron chi connectivity index (χ4n) is 2.27. The molecule has 0 heterocycles. The quantitative estimate of drug-likeness (QED) is 0.436. The van der Waals surface area contributed by atoms with Gasteiger partial charge in [0.15, 0.2) is 0 Å². The van der Waals surface area contributed by atoms with Crippen LogP contribution in [0.25, 0.3) is 11.1 Å². The van der Waals surface area contributed by atoms with E-state index in [4.69, 9.17) is 5.73 Å². The van der Waals surface area contributed by atoms with Crippen molar-refractivity contribution in [1.82, 2.24) is 0 Å². The van der Waals surface area contributed by atoms with Gasteiger partial charge in [-0.3, -0.25) is 4.79 Å². The minimum atomic E-state index is -4.69. The smallest absolute Gasteiger partial charge is 0.365 e. The molecule has 2 aromatic carbocycles. The van der Waals surface area contributed by atoms with E-state index in [9.17, 15) is 23.2 Å². The minimum Gasteiger partial charge on any atom is -0.365 e. The number of rotatable bonds is 4. The van der Waals surface area contributed by atoms with Crippen LogP contribution in [0.2, 0.25) is 0 Å². The van der Waals surface area contributed by atoms with Crippen molar-refractivity contribution in [3.8, 4) is 6.07 Å². The number of hydrogen-bond acceptors (Lipinski definition) is 2. The van der Waals surface area contributed by atoms with E-state index in [1.807, 2.05) is 0 Å². The summed E-state index contributed by atoms with van der Waals surface area (Å²) in [7, 11) is 0. The minimum absolute atomic E-state index is 0.0867. The largest absolute Gasteiger partial charge is 0.417 e. The molecule has 0 saturated carbocycles. The van der Waals surface area contributed by atoms with Crippen LogP contribution < -0.4 is 5.73 Å². The lowest BCUT2D eigenvalue weighted by Gasteiger charge is -2.14. The van der Waals surface area contributed by atoms with E-state index in [0.717, 1.165) is 6.08 Å². The van der Waals surface area contributed by atoms with E-state index < -0.39 is 23.2 Å². The lowest BCUT2D eigenvalue weighted by Crippen LogP contribution is -2.15. The van der Waals surface area contributed by atoms with Crippen molar-refractivity contribution >= 4 is 33.0 Å². The zero-order chi connectivity index (χ0) is 19.3. The lowest BCUT2D eigenvalue weighted by atomic mass is 9.94. The molecule has 0 aromatic heterocycles. The van der Waals surface area contributed by atoms with Gasteiger partial charge in [0.1, 0.15) is 11.6 Å². The van der Waals surface area contributed by atoms with Gasteiger partial charge in [0.25, 0.3) is 5.91 Å². The highest BCUT2D eigenvalue weighted by atomic mass is 79.9. The fraction of sp³-hybridized carbons (Fsp3) is 0.0526. The normalized spacial score (nSPS) is 13.0. The number of amides is 1. The van der Waals surface area contributed by atoms with Crippen LogP contribution in [0.3, 0.4) is 0 Å². The van der Waals surface area contributed by atoms with Crippen molar-refractivity contribution < 1.29 is 18.0 Å². The van der Waals surface area contributed by atoms with Crippen LogP contribution in [-0.2, 0) is 4.79 Å². The van der Waals surface area contributed by atoms with Crippen LogP contribution in [0.5, 0.6) is 0 Å². The average molecular weight is 421 g/mol. The maximum absolute atomic E-state index is 13.6. The first kappa shape index (κ1) is 19.5. The molecule has 1 amide bonds. The van der Waals surface area contributed by atoms with E-state index in [1.165, 1.54) is 36.4 Å². The van der Waals surface area contributed by atoms with Gasteiger partial charge in [-0.15, -0.1) is 0 Å². The Hall–Kier alpha value is -2.85. The molecule has 7 heteroatoms. The average Bonchev–Trinajstić information content (AvgIpc) is 2.58. The van der Waals surface area contributed by atoms with E-state index in [1.54, 1.807) is 24.3 Å². The number of hydrogen-bond donors (Lipinski definition) is 1. The van der Waals surface area contributed by atoms with Gasteiger partial charge in [-0.05, 0) is 29.3 Å². The standard InChI is InChI=1S/C19H12BrF3N2O/c20-14-8-6-12(7-9-14)15(16(11-24)18(25)26)10-17(19(21,22)23)13-4-2-1-3-5-13/h1-10H,(H2,25,26)/b16-15+,17-10+. The molecule has 0 aliphatic heterocycles. The summed E-state index contributed by atoms with van der Waals surface area (Å²) < 4.78 is 41.5. The summed E-state index contributed by atoms with van der Waals surface area (Å²) in [4.78, 5) is 11.6. The van der Waals surface area contributed by atoms with Crippen LogP contribution >= 0.6 is 15.9 Å².